The Morgan fingerprint density at radius 1 is 1.11 bits per heavy atom. The Labute approximate surface area is 184 Å². The summed E-state index contributed by atoms with van der Waals surface area (Å²) in [4.78, 5) is 11.6. The van der Waals surface area contributed by atoms with E-state index in [1.165, 1.54) is 36.2 Å². The van der Waals surface area contributed by atoms with Crippen molar-refractivity contribution in [3.63, 3.8) is 0 Å². The van der Waals surface area contributed by atoms with E-state index < -0.39 is 0 Å². The van der Waals surface area contributed by atoms with Crippen LogP contribution in [0, 0.1) is 6.92 Å². The highest BCUT2D eigenvalue weighted by atomic mass is 79.9. The fourth-order valence-corrected chi connectivity index (χ4v) is 6.56. The average Bonchev–Trinajstić information content (AvgIpc) is 2.74. The van der Waals surface area contributed by atoms with Crippen LogP contribution in [0.3, 0.4) is 0 Å². The summed E-state index contributed by atoms with van der Waals surface area (Å²) in [6.07, 6.45) is 7.76. The van der Waals surface area contributed by atoms with Crippen LogP contribution >= 0.6 is 39.5 Å². The molecule has 0 amide bonds. The van der Waals surface area contributed by atoms with Crippen LogP contribution in [0.25, 0.3) is 4.48 Å². The number of esters is 1. The zero-order chi connectivity index (χ0) is 20.0. The van der Waals surface area contributed by atoms with Gasteiger partial charge in [0.1, 0.15) is 4.08 Å². The summed E-state index contributed by atoms with van der Waals surface area (Å²) >= 11 is 7.67. The molecule has 0 aromatic heterocycles. The Morgan fingerprint density at radius 2 is 1.79 bits per heavy atom. The molecule has 2 aromatic carbocycles. The first-order chi connectivity index (χ1) is 13.5. The summed E-state index contributed by atoms with van der Waals surface area (Å²) in [5.41, 5.74) is 4.21. The van der Waals surface area contributed by atoms with Crippen molar-refractivity contribution in [1.82, 2.24) is 0 Å². The fourth-order valence-electron chi connectivity index (χ4n) is 3.01. The van der Waals surface area contributed by atoms with Crippen molar-refractivity contribution in [2.75, 3.05) is 18.6 Å². The molecule has 0 unspecified atom stereocenters. The highest BCUT2D eigenvalue weighted by Crippen LogP contribution is 2.51. The van der Waals surface area contributed by atoms with E-state index in [9.17, 15) is 4.79 Å². The summed E-state index contributed by atoms with van der Waals surface area (Å²) in [5.74, 6) is 2.02. The topological polar surface area (TPSA) is 26.3 Å². The van der Waals surface area contributed by atoms with Gasteiger partial charge in [-0.25, -0.2) is 4.79 Å². The second kappa shape index (κ2) is 9.86. The van der Waals surface area contributed by atoms with Gasteiger partial charge in [0.05, 0.1) is 12.7 Å². The molecule has 1 aliphatic heterocycles. The molecule has 0 N–H and O–H groups in total. The van der Waals surface area contributed by atoms with Crippen LogP contribution in [-0.2, 0) is 8.82 Å². The van der Waals surface area contributed by atoms with Gasteiger partial charge in [-0.15, -0.1) is 23.5 Å². The van der Waals surface area contributed by atoms with Gasteiger partial charge in [-0.2, -0.15) is 0 Å². The van der Waals surface area contributed by atoms with Gasteiger partial charge in [0.15, 0.2) is 0 Å². The van der Waals surface area contributed by atoms with E-state index in [0.717, 1.165) is 10.0 Å². The maximum absolute atomic E-state index is 11.6. The molecule has 2 aromatic rings. The molecule has 28 heavy (non-hydrogen) atoms. The highest BCUT2D eigenvalue weighted by Gasteiger charge is 2.32. The molecule has 1 heterocycles. The third-order valence-electron chi connectivity index (χ3n) is 4.48. The molecular formula is C23H23BrO2S2. The van der Waals surface area contributed by atoms with Crippen LogP contribution in [-0.4, -0.2) is 24.6 Å². The van der Waals surface area contributed by atoms with Gasteiger partial charge in [-0.1, -0.05) is 70.0 Å². The Bertz CT molecular complexity index is 882. The van der Waals surface area contributed by atoms with Gasteiger partial charge < -0.3 is 4.74 Å². The van der Waals surface area contributed by atoms with Crippen molar-refractivity contribution >= 4 is 49.9 Å². The summed E-state index contributed by atoms with van der Waals surface area (Å²) in [6.45, 7) is 2.15. The molecule has 146 valence electrons. The number of hydrogen-bond acceptors (Lipinski definition) is 4. The highest BCUT2D eigenvalue weighted by molar-refractivity contribution is 9.15. The number of halogens is 1. The standard InChI is InChI=1S/C23H23BrO2S2/c1-17-6-3-7-20(16-17)23(27-14-5-15-28-23)13-4-8-21(24)18-9-11-19(12-10-18)22(25)26-2/h3-4,6-13,16H,5,14-15H2,1-2H3/b13-4+,21-8-. The van der Waals surface area contributed by atoms with E-state index in [-0.39, 0.29) is 10.0 Å². The number of carbonyl (C=O) groups is 1. The zero-order valence-electron chi connectivity index (χ0n) is 16.0. The van der Waals surface area contributed by atoms with Crippen molar-refractivity contribution in [2.24, 2.45) is 0 Å². The molecule has 1 aliphatic rings. The van der Waals surface area contributed by atoms with Gasteiger partial charge >= 0.3 is 5.97 Å². The van der Waals surface area contributed by atoms with Crippen LogP contribution in [0.15, 0.2) is 66.8 Å². The lowest BCUT2D eigenvalue weighted by atomic mass is 10.1. The average molecular weight is 475 g/mol. The van der Waals surface area contributed by atoms with Crippen LogP contribution < -0.4 is 0 Å². The van der Waals surface area contributed by atoms with Crippen LogP contribution in [0.5, 0.6) is 0 Å². The van der Waals surface area contributed by atoms with E-state index in [4.69, 9.17) is 4.74 Å². The largest absolute Gasteiger partial charge is 0.465 e. The van der Waals surface area contributed by atoms with E-state index in [2.05, 4.69) is 65.3 Å². The van der Waals surface area contributed by atoms with Crippen molar-refractivity contribution in [3.8, 4) is 0 Å². The number of benzene rings is 2. The van der Waals surface area contributed by atoms with E-state index in [1.54, 1.807) is 12.1 Å². The third kappa shape index (κ3) is 5.13. The van der Waals surface area contributed by atoms with Gasteiger partial charge in [-0.05, 0) is 54.2 Å². The summed E-state index contributed by atoms with van der Waals surface area (Å²) in [5, 5.41) is 0. The molecule has 0 bridgehead atoms. The van der Waals surface area contributed by atoms with Crippen molar-refractivity contribution in [2.45, 2.75) is 17.4 Å². The van der Waals surface area contributed by atoms with Gasteiger partial charge in [-0.3, -0.25) is 0 Å². The number of ether oxygens (including phenoxy) is 1. The second-order valence-electron chi connectivity index (χ2n) is 6.53. The Kier molecular flexibility index (Phi) is 7.49. The summed E-state index contributed by atoms with van der Waals surface area (Å²) in [6, 6.07) is 16.2. The fraction of sp³-hybridized carbons (Fsp3) is 0.261. The molecule has 0 atom stereocenters. The molecule has 2 nitrogen and oxygen atoms in total. The maximum Gasteiger partial charge on any atom is 0.337 e. The molecule has 5 heteroatoms. The van der Waals surface area contributed by atoms with Gasteiger partial charge in [0, 0.05) is 4.48 Å². The first kappa shape index (κ1) is 21.3. The first-order valence-electron chi connectivity index (χ1n) is 9.13. The zero-order valence-corrected chi connectivity index (χ0v) is 19.2. The normalized spacial score (nSPS) is 16.9. The molecule has 3 rings (SSSR count). The number of carbonyl (C=O) groups excluding carboxylic acids is 1. The third-order valence-corrected chi connectivity index (χ3v) is 8.50. The molecule has 0 saturated carbocycles. The molecule has 1 saturated heterocycles. The number of methoxy groups -OCH3 is 1. The van der Waals surface area contributed by atoms with Crippen LogP contribution in [0.2, 0.25) is 0 Å². The number of allylic oxidation sites excluding steroid dienone is 2. The lowest BCUT2D eigenvalue weighted by molar-refractivity contribution is 0.0600. The molecule has 0 radical (unpaired) electrons. The van der Waals surface area contributed by atoms with E-state index in [1.807, 2.05) is 35.7 Å². The lowest BCUT2D eigenvalue weighted by Gasteiger charge is -2.34. The van der Waals surface area contributed by atoms with Crippen LogP contribution in [0.1, 0.15) is 33.5 Å². The lowest BCUT2D eigenvalue weighted by Crippen LogP contribution is -2.20. The van der Waals surface area contributed by atoms with Crippen molar-refractivity contribution in [1.29, 1.82) is 0 Å². The SMILES string of the molecule is COC(=O)c1ccc(/C(Br)=C/C=C/C2(c3cccc(C)c3)SCCCS2)cc1. The molecular weight excluding hydrogens is 452 g/mol. The second-order valence-corrected chi connectivity index (χ2v) is 10.3. The quantitative estimate of drug-likeness (QED) is 0.351. The Hall–Kier alpha value is -1.43. The molecule has 1 fully saturated rings. The van der Waals surface area contributed by atoms with Gasteiger partial charge in [0.2, 0.25) is 0 Å². The number of hydrogen-bond donors (Lipinski definition) is 0. The number of aryl methyl sites for hydroxylation is 1. The van der Waals surface area contributed by atoms with E-state index >= 15 is 0 Å². The minimum Gasteiger partial charge on any atom is -0.465 e. The molecule has 0 aliphatic carbocycles. The number of thioether (sulfide) groups is 2. The predicted octanol–water partition coefficient (Wildman–Crippen LogP) is 6.80. The minimum absolute atomic E-state index is 0.0389. The predicted molar refractivity (Wildman–Crippen MR) is 126 cm³/mol. The first-order valence-corrected chi connectivity index (χ1v) is 11.9. The van der Waals surface area contributed by atoms with Crippen molar-refractivity contribution in [3.05, 3.63) is 89.0 Å². The maximum atomic E-state index is 11.6. The van der Waals surface area contributed by atoms with E-state index in [0.29, 0.717) is 5.56 Å². The Balaban J connectivity index is 1.82. The monoisotopic (exact) mass is 474 g/mol. The molecule has 0 spiro atoms. The smallest absolute Gasteiger partial charge is 0.337 e. The summed E-state index contributed by atoms with van der Waals surface area (Å²) < 4.78 is 5.69. The number of rotatable bonds is 5. The minimum atomic E-state index is -0.321. The Morgan fingerprint density at radius 3 is 2.43 bits per heavy atom. The van der Waals surface area contributed by atoms with Crippen LogP contribution in [0.4, 0.5) is 0 Å². The van der Waals surface area contributed by atoms with Crippen molar-refractivity contribution < 1.29 is 9.53 Å². The summed E-state index contributed by atoms with van der Waals surface area (Å²) in [7, 11) is 1.39. The van der Waals surface area contributed by atoms with Gasteiger partial charge in [0.25, 0.3) is 0 Å².